The number of hydrogen-bond acceptors (Lipinski definition) is 4. The predicted molar refractivity (Wildman–Crippen MR) is 114 cm³/mol. The fraction of sp³-hybridized carbons (Fsp3) is 0.300. The van der Waals surface area contributed by atoms with Crippen LogP contribution >= 0.6 is 24.0 Å². The van der Waals surface area contributed by atoms with E-state index < -0.39 is 0 Å². The molecule has 1 atom stereocenters. The summed E-state index contributed by atoms with van der Waals surface area (Å²) < 4.78 is 0. The molecule has 0 aliphatic carbocycles. The van der Waals surface area contributed by atoms with Gasteiger partial charge in [-0.15, -0.1) is 0 Å². The standard InChI is InChI=1S/C20H21N3OS2/c1-15-19(24)23(17-5-3-2-4-6-17)20(25)22(15)18-9-7-16(8-10-18)21-11-13-26-14-12-21/h2-10,15H,11-14H2,1H3. The van der Waals surface area contributed by atoms with Gasteiger partial charge in [-0.2, -0.15) is 11.8 Å². The van der Waals surface area contributed by atoms with E-state index in [1.807, 2.05) is 53.9 Å². The van der Waals surface area contributed by atoms with E-state index in [-0.39, 0.29) is 11.9 Å². The first-order valence-electron chi connectivity index (χ1n) is 8.82. The molecule has 134 valence electrons. The lowest BCUT2D eigenvalue weighted by Crippen LogP contribution is -2.34. The highest BCUT2D eigenvalue weighted by Gasteiger charge is 2.41. The molecule has 4 rings (SSSR count). The fourth-order valence-electron chi connectivity index (χ4n) is 3.46. The lowest BCUT2D eigenvalue weighted by Gasteiger charge is -2.29. The zero-order valence-electron chi connectivity index (χ0n) is 14.7. The quantitative estimate of drug-likeness (QED) is 0.752. The molecule has 4 nitrogen and oxygen atoms in total. The first-order valence-corrected chi connectivity index (χ1v) is 10.4. The van der Waals surface area contributed by atoms with Crippen LogP contribution in [0.4, 0.5) is 17.1 Å². The Hall–Kier alpha value is -2.05. The SMILES string of the molecule is CC1C(=O)N(c2ccccc2)C(=S)N1c1ccc(N2CCSCC2)cc1. The van der Waals surface area contributed by atoms with E-state index in [0.717, 1.165) is 24.5 Å². The van der Waals surface area contributed by atoms with Crippen molar-refractivity contribution in [2.75, 3.05) is 39.3 Å². The Morgan fingerprint density at radius 2 is 1.54 bits per heavy atom. The lowest BCUT2D eigenvalue weighted by atomic mass is 10.2. The first kappa shape index (κ1) is 17.4. The summed E-state index contributed by atoms with van der Waals surface area (Å²) in [4.78, 5) is 18.8. The second kappa shape index (κ2) is 7.29. The second-order valence-corrected chi connectivity index (χ2v) is 8.04. The summed E-state index contributed by atoms with van der Waals surface area (Å²) >= 11 is 7.66. The van der Waals surface area contributed by atoms with Gasteiger partial charge in [-0.25, -0.2) is 0 Å². The highest BCUT2D eigenvalue weighted by Crippen LogP contribution is 2.31. The number of thiocarbonyl (C=S) groups is 1. The molecule has 2 aliphatic heterocycles. The van der Waals surface area contributed by atoms with Crippen LogP contribution in [0.15, 0.2) is 54.6 Å². The molecule has 0 N–H and O–H groups in total. The van der Waals surface area contributed by atoms with Crippen molar-refractivity contribution in [2.24, 2.45) is 0 Å². The van der Waals surface area contributed by atoms with Crippen LogP contribution in [-0.2, 0) is 4.79 Å². The number of rotatable bonds is 3. The molecule has 2 aromatic rings. The third-order valence-electron chi connectivity index (χ3n) is 4.88. The van der Waals surface area contributed by atoms with Gasteiger partial charge in [0.1, 0.15) is 6.04 Å². The summed E-state index contributed by atoms with van der Waals surface area (Å²) in [5.74, 6) is 2.36. The van der Waals surface area contributed by atoms with Crippen LogP contribution in [0.1, 0.15) is 6.92 Å². The molecule has 2 heterocycles. The van der Waals surface area contributed by atoms with Crippen molar-refractivity contribution in [2.45, 2.75) is 13.0 Å². The monoisotopic (exact) mass is 383 g/mol. The Kier molecular flexibility index (Phi) is 4.87. The summed E-state index contributed by atoms with van der Waals surface area (Å²) in [6, 6.07) is 17.7. The summed E-state index contributed by atoms with van der Waals surface area (Å²) in [7, 11) is 0. The molecule has 0 spiro atoms. The van der Waals surface area contributed by atoms with Gasteiger partial charge < -0.3 is 9.80 Å². The molecule has 2 aromatic carbocycles. The molecule has 2 fully saturated rings. The Morgan fingerprint density at radius 3 is 2.19 bits per heavy atom. The number of carbonyl (C=O) groups excluding carboxylic acids is 1. The molecule has 2 aliphatic rings. The van der Waals surface area contributed by atoms with Gasteiger partial charge >= 0.3 is 0 Å². The Labute approximate surface area is 163 Å². The van der Waals surface area contributed by atoms with Crippen molar-refractivity contribution in [3.63, 3.8) is 0 Å². The molecule has 26 heavy (non-hydrogen) atoms. The van der Waals surface area contributed by atoms with Gasteiger partial charge in [-0.3, -0.25) is 9.69 Å². The topological polar surface area (TPSA) is 26.8 Å². The lowest BCUT2D eigenvalue weighted by molar-refractivity contribution is -0.117. The van der Waals surface area contributed by atoms with E-state index in [1.54, 1.807) is 4.90 Å². The van der Waals surface area contributed by atoms with Gasteiger partial charge in [0.25, 0.3) is 5.91 Å². The molecule has 1 amide bonds. The van der Waals surface area contributed by atoms with Crippen molar-refractivity contribution < 1.29 is 4.79 Å². The van der Waals surface area contributed by atoms with Crippen molar-refractivity contribution in [1.29, 1.82) is 0 Å². The smallest absolute Gasteiger partial charge is 0.256 e. The highest BCUT2D eigenvalue weighted by molar-refractivity contribution is 7.99. The maximum absolute atomic E-state index is 12.8. The van der Waals surface area contributed by atoms with Gasteiger partial charge in [0, 0.05) is 36.0 Å². The van der Waals surface area contributed by atoms with E-state index in [9.17, 15) is 4.79 Å². The number of nitrogens with zero attached hydrogens (tertiary/aromatic N) is 3. The Balaban J connectivity index is 1.59. The molecular weight excluding hydrogens is 362 g/mol. The summed E-state index contributed by atoms with van der Waals surface area (Å²) in [5, 5.41) is 0.538. The minimum atomic E-state index is -0.306. The zero-order chi connectivity index (χ0) is 18.1. The maximum Gasteiger partial charge on any atom is 0.256 e. The van der Waals surface area contributed by atoms with Gasteiger partial charge in [0.15, 0.2) is 5.11 Å². The van der Waals surface area contributed by atoms with Crippen molar-refractivity contribution in [3.05, 3.63) is 54.6 Å². The van der Waals surface area contributed by atoms with Crippen LogP contribution < -0.4 is 14.7 Å². The normalized spacial score (nSPS) is 20.8. The maximum atomic E-state index is 12.8. The van der Waals surface area contributed by atoms with Crippen molar-refractivity contribution in [3.8, 4) is 0 Å². The minimum absolute atomic E-state index is 0.0123. The van der Waals surface area contributed by atoms with Crippen LogP contribution in [0.25, 0.3) is 0 Å². The zero-order valence-corrected chi connectivity index (χ0v) is 16.3. The van der Waals surface area contributed by atoms with Crippen LogP contribution in [0.5, 0.6) is 0 Å². The largest absolute Gasteiger partial charge is 0.370 e. The summed E-state index contributed by atoms with van der Waals surface area (Å²) in [6.07, 6.45) is 0. The molecule has 6 heteroatoms. The van der Waals surface area contributed by atoms with Gasteiger partial charge in [0.2, 0.25) is 0 Å². The van der Waals surface area contributed by atoms with Crippen LogP contribution in [-0.4, -0.2) is 41.7 Å². The number of para-hydroxylation sites is 1. The number of amides is 1. The van der Waals surface area contributed by atoms with E-state index in [4.69, 9.17) is 12.2 Å². The molecule has 0 aromatic heterocycles. The van der Waals surface area contributed by atoms with Crippen molar-refractivity contribution in [1.82, 2.24) is 0 Å². The van der Waals surface area contributed by atoms with E-state index >= 15 is 0 Å². The van der Waals surface area contributed by atoms with E-state index in [1.165, 1.54) is 17.2 Å². The third kappa shape index (κ3) is 3.08. The number of benzene rings is 2. The Morgan fingerprint density at radius 1 is 0.923 bits per heavy atom. The number of anilines is 3. The number of carbonyl (C=O) groups is 1. The molecular formula is C20H21N3OS2. The van der Waals surface area contributed by atoms with Crippen LogP contribution in [0.2, 0.25) is 0 Å². The Bertz CT molecular complexity index is 804. The molecule has 2 saturated heterocycles. The predicted octanol–water partition coefficient (Wildman–Crippen LogP) is 3.77. The van der Waals surface area contributed by atoms with Gasteiger partial charge in [0.05, 0.1) is 5.69 Å². The summed E-state index contributed by atoms with van der Waals surface area (Å²) in [6.45, 7) is 4.08. The van der Waals surface area contributed by atoms with Gasteiger partial charge in [-0.1, -0.05) is 18.2 Å². The average Bonchev–Trinajstić information content (AvgIpc) is 2.92. The highest BCUT2D eigenvalue weighted by atomic mass is 32.2. The van der Waals surface area contributed by atoms with E-state index in [0.29, 0.717) is 5.11 Å². The second-order valence-electron chi connectivity index (χ2n) is 6.45. The minimum Gasteiger partial charge on any atom is -0.370 e. The first-order chi connectivity index (χ1) is 12.7. The van der Waals surface area contributed by atoms with Crippen LogP contribution in [0.3, 0.4) is 0 Å². The molecule has 0 radical (unpaired) electrons. The van der Waals surface area contributed by atoms with Crippen LogP contribution in [0, 0.1) is 0 Å². The van der Waals surface area contributed by atoms with E-state index in [2.05, 4.69) is 29.2 Å². The fourth-order valence-corrected chi connectivity index (χ4v) is 4.82. The van der Waals surface area contributed by atoms with Crippen molar-refractivity contribution >= 4 is 52.1 Å². The molecule has 0 saturated carbocycles. The summed E-state index contributed by atoms with van der Waals surface area (Å²) in [5.41, 5.74) is 3.02. The van der Waals surface area contributed by atoms with Gasteiger partial charge in [-0.05, 0) is 55.5 Å². The number of hydrogen-bond donors (Lipinski definition) is 0. The average molecular weight is 384 g/mol. The third-order valence-corrected chi connectivity index (χ3v) is 6.20. The molecule has 0 bridgehead atoms. The number of thioether (sulfide) groups is 1. The molecule has 1 unspecified atom stereocenters.